The van der Waals surface area contributed by atoms with E-state index in [1.165, 1.54) is 16.8 Å². The summed E-state index contributed by atoms with van der Waals surface area (Å²) in [4.78, 5) is 16.3. The smallest absolute Gasteiger partial charge is 0.222 e. The van der Waals surface area contributed by atoms with E-state index in [4.69, 9.17) is 11.6 Å². The lowest BCUT2D eigenvalue weighted by atomic mass is 10.1. The fraction of sp³-hybridized carbons (Fsp3) is 0.562. The summed E-state index contributed by atoms with van der Waals surface area (Å²) in [5.74, 6) is 0.806. The molecule has 1 saturated heterocycles. The highest BCUT2D eigenvalue weighted by molar-refractivity contribution is 6.17. The molecule has 0 N–H and O–H groups in total. The van der Waals surface area contributed by atoms with Crippen molar-refractivity contribution in [2.45, 2.75) is 26.7 Å². The number of rotatable bonds is 4. The fourth-order valence-corrected chi connectivity index (χ4v) is 2.78. The van der Waals surface area contributed by atoms with E-state index in [9.17, 15) is 4.79 Å². The normalized spacial score (nSPS) is 15.6. The predicted molar refractivity (Wildman–Crippen MR) is 84.7 cm³/mol. The Balaban J connectivity index is 1.94. The Hall–Kier alpha value is -1.22. The van der Waals surface area contributed by atoms with Crippen LogP contribution in [0.4, 0.5) is 5.69 Å². The van der Waals surface area contributed by atoms with Crippen molar-refractivity contribution in [2.75, 3.05) is 37.0 Å². The number of halogens is 1. The Bertz CT molecular complexity index is 468. The Labute approximate surface area is 126 Å². The molecule has 20 heavy (non-hydrogen) atoms. The van der Waals surface area contributed by atoms with Gasteiger partial charge in [-0.05, 0) is 37.5 Å². The number of carbonyl (C=O) groups is 1. The summed E-state index contributed by atoms with van der Waals surface area (Å²) in [6.45, 7) is 7.77. The third-order valence-corrected chi connectivity index (χ3v) is 4.34. The summed E-state index contributed by atoms with van der Waals surface area (Å²) in [6, 6.07) is 6.42. The Morgan fingerprint density at radius 3 is 2.55 bits per heavy atom. The van der Waals surface area contributed by atoms with Crippen molar-refractivity contribution in [1.29, 1.82) is 0 Å². The van der Waals surface area contributed by atoms with Crippen LogP contribution in [0.1, 0.15) is 24.0 Å². The van der Waals surface area contributed by atoms with E-state index in [1.54, 1.807) is 0 Å². The highest BCUT2D eigenvalue weighted by Crippen LogP contribution is 2.23. The number of piperazine rings is 1. The molecule has 1 aromatic carbocycles. The summed E-state index contributed by atoms with van der Waals surface area (Å²) < 4.78 is 0. The van der Waals surface area contributed by atoms with Crippen molar-refractivity contribution < 1.29 is 4.79 Å². The van der Waals surface area contributed by atoms with Gasteiger partial charge in [-0.25, -0.2) is 0 Å². The van der Waals surface area contributed by atoms with Crippen molar-refractivity contribution >= 4 is 23.2 Å². The Morgan fingerprint density at radius 2 is 1.90 bits per heavy atom. The van der Waals surface area contributed by atoms with Crippen LogP contribution in [-0.2, 0) is 4.79 Å². The van der Waals surface area contributed by atoms with Crippen LogP contribution in [0.2, 0.25) is 0 Å². The Morgan fingerprint density at radius 1 is 1.20 bits per heavy atom. The molecule has 0 atom stereocenters. The molecule has 0 saturated carbocycles. The van der Waals surface area contributed by atoms with Gasteiger partial charge in [0.1, 0.15) is 0 Å². The summed E-state index contributed by atoms with van der Waals surface area (Å²) >= 11 is 5.64. The first-order valence-electron chi connectivity index (χ1n) is 7.28. The first-order chi connectivity index (χ1) is 9.63. The maximum atomic E-state index is 12.0. The number of hydrogen-bond acceptors (Lipinski definition) is 2. The van der Waals surface area contributed by atoms with Crippen molar-refractivity contribution in [3.63, 3.8) is 0 Å². The third-order valence-electron chi connectivity index (χ3n) is 4.07. The monoisotopic (exact) mass is 294 g/mol. The standard InChI is InChI=1S/C16H23ClN2O/c1-13-5-3-6-15(14(13)2)18-9-11-19(12-10-18)16(20)7-4-8-17/h3,5-6H,4,7-12H2,1-2H3. The first-order valence-corrected chi connectivity index (χ1v) is 7.82. The molecule has 0 aromatic heterocycles. The molecule has 0 unspecified atom stereocenters. The molecule has 0 radical (unpaired) electrons. The molecule has 3 nitrogen and oxygen atoms in total. The molecule has 1 heterocycles. The predicted octanol–water partition coefficient (Wildman–Crippen LogP) is 2.97. The van der Waals surface area contributed by atoms with Gasteiger partial charge in [0.05, 0.1) is 0 Å². The summed E-state index contributed by atoms with van der Waals surface area (Å²) in [6.07, 6.45) is 1.35. The van der Waals surface area contributed by atoms with Gasteiger partial charge in [0, 0.05) is 44.2 Å². The van der Waals surface area contributed by atoms with E-state index < -0.39 is 0 Å². The number of benzene rings is 1. The van der Waals surface area contributed by atoms with Gasteiger partial charge in [-0.3, -0.25) is 4.79 Å². The summed E-state index contributed by atoms with van der Waals surface area (Å²) in [5, 5.41) is 0. The van der Waals surface area contributed by atoms with Crippen LogP contribution in [-0.4, -0.2) is 42.9 Å². The maximum absolute atomic E-state index is 12.0. The summed E-state index contributed by atoms with van der Waals surface area (Å²) in [5.41, 5.74) is 3.97. The number of aryl methyl sites for hydroxylation is 1. The topological polar surface area (TPSA) is 23.6 Å². The van der Waals surface area contributed by atoms with Crippen molar-refractivity contribution in [2.24, 2.45) is 0 Å². The van der Waals surface area contributed by atoms with E-state index in [-0.39, 0.29) is 5.91 Å². The second kappa shape index (κ2) is 6.98. The third kappa shape index (κ3) is 3.45. The SMILES string of the molecule is Cc1cccc(N2CCN(C(=O)CCCCl)CC2)c1C. The van der Waals surface area contributed by atoms with Gasteiger partial charge >= 0.3 is 0 Å². The molecule has 0 spiro atoms. The molecule has 0 bridgehead atoms. The average molecular weight is 295 g/mol. The number of hydrogen-bond donors (Lipinski definition) is 0. The average Bonchev–Trinajstić information content (AvgIpc) is 2.48. The molecule has 4 heteroatoms. The zero-order chi connectivity index (χ0) is 14.5. The van der Waals surface area contributed by atoms with E-state index >= 15 is 0 Å². The lowest BCUT2D eigenvalue weighted by molar-refractivity contribution is -0.131. The molecule has 1 amide bonds. The minimum atomic E-state index is 0.242. The number of alkyl halides is 1. The zero-order valence-electron chi connectivity index (χ0n) is 12.4. The van der Waals surface area contributed by atoms with Crippen molar-refractivity contribution in [3.05, 3.63) is 29.3 Å². The lowest BCUT2D eigenvalue weighted by Crippen LogP contribution is -2.49. The molecule has 1 fully saturated rings. The van der Waals surface area contributed by atoms with Crippen molar-refractivity contribution in [3.8, 4) is 0 Å². The largest absolute Gasteiger partial charge is 0.368 e. The highest BCUT2D eigenvalue weighted by Gasteiger charge is 2.21. The first kappa shape index (κ1) is 15.2. The zero-order valence-corrected chi connectivity index (χ0v) is 13.1. The molecule has 1 aliphatic heterocycles. The van der Waals surface area contributed by atoms with Crippen LogP contribution >= 0.6 is 11.6 Å². The highest BCUT2D eigenvalue weighted by atomic mass is 35.5. The van der Waals surface area contributed by atoms with Gasteiger partial charge in [-0.15, -0.1) is 11.6 Å². The second-order valence-corrected chi connectivity index (χ2v) is 5.76. The number of carbonyl (C=O) groups excluding carboxylic acids is 1. The molecule has 1 aromatic rings. The molecule has 2 rings (SSSR count). The van der Waals surface area contributed by atoms with Gasteiger partial charge in [-0.1, -0.05) is 12.1 Å². The van der Waals surface area contributed by atoms with Crippen LogP contribution in [0.3, 0.4) is 0 Å². The number of anilines is 1. The van der Waals surface area contributed by atoms with E-state index in [0.717, 1.165) is 32.6 Å². The van der Waals surface area contributed by atoms with Gasteiger partial charge < -0.3 is 9.80 Å². The quantitative estimate of drug-likeness (QED) is 0.797. The number of nitrogens with zero attached hydrogens (tertiary/aromatic N) is 2. The van der Waals surface area contributed by atoms with Crippen molar-refractivity contribution in [1.82, 2.24) is 4.90 Å². The van der Waals surface area contributed by atoms with E-state index in [0.29, 0.717) is 12.3 Å². The number of amides is 1. The van der Waals surface area contributed by atoms with Gasteiger partial charge in [0.2, 0.25) is 5.91 Å². The molecule has 110 valence electrons. The molecule has 0 aliphatic carbocycles. The molecular weight excluding hydrogens is 272 g/mol. The van der Waals surface area contributed by atoms with Crippen LogP contribution < -0.4 is 4.90 Å². The van der Waals surface area contributed by atoms with Crippen LogP contribution in [0, 0.1) is 13.8 Å². The summed E-state index contributed by atoms with van der Waals surface area (Å²) in [7, 11) is 0. The van der Waals surface area contributed by atoms with Gasteiger partial charge in [0.15, 0.2) is 0 Å². The Kier molecular flexibility index (Phi) is 5.30. The van der Waals surface area contributed by atoms with Gasteiger partial charge in [-0.2, -0.15) is 0 Å². The molecule has 1 aliphatic rings. The second-order valence-electron chi connectivity index (χ2n) is 5.38. The van der Waals surface area contributed by atoms with E-state index in [2.05, 4.69) is 36.9 Å². The molecular formula is C16H23ClN2O. The minimum Gasteiger partial charge on any atom is -0.368 e. The van der Waals surface area contributed by atoms with E-state index in [1.807, 2.05) is 4.90 Å². The van der Waals surface area contributed by atoms with Crippen LogP contribution in [0.5, 0.6) is 0 Å². The van der Waals surface area contributed by atoms with Crippen LogP contribution in [0.15, 0.2) is 18.2 Å². The van der Waals surface area contributed by atoms with Gasteiger partial charge in [0.25, 0.3) is 0 Å². The fourth-order valence-electron chi connectivity index (χ4n) is 2.65. The lowest BCUT2D eigenvalue weighted by Gasteiger charge is -2.37. The minimum absolute atomic E-state index is 0.242. The maximum Gasteiger partial charge on any atom is 0.222 e. The van der Waals surface area contributed by atoms with Crippen LogP contribution in [0.25, 0.3) is 0 Å².